The molecule has 3 rings (SSSR count). The number of hydrogen-bond donors (Lipinski definition) is 0. The minimum atomic E-state index is -1.01. The van der Waals surface area contributed by atoms with Gasteiger partial charge in [0.25, 0.3) is 11.9 Å². The average Bonchev–Trinajstić information content (AvgIpc) is 3.01. The van der Waals surface area contributed by atoms with Crippen LogP contribution in [0.15, 0.2) is 0 Å². The van der Waals surface area contributed by atoms with E-state index in [0.717, 1.165) is 11.5 Å². The van der Waals surface area contributed by atoms with E-state index >= 15 is 0 Å². The van der Waals surface area contributed by atoms with E-state index in [0.29, 0.717) is 6.04 Å². The van der Waals surface area contributed by atoms with Gasteiger partial charge in [-0.2, -0.15) is 0 Å². The van der Waals surface area contributed by atoms with Gasteiger partial charge in [0.05, 0.1) is 19.8 Å². The van der Waals surface area contributed by atoms with E-state index in [9.17, 15) is 0 Å². The highest BCUT2D eigenvalue weighted by atomic mass is 28.3. The van der Waals surface area contributed by atoms with Crippen LogP contribution in [-0.2, 0) is 0 Å². The fourth-order valence-corrected chi connectivity index (χ4v) is 3.87. The zero-order valence-corrected chi connectivity index (χ0v) is 14.6. The van der Waals surface area contributed by atoms with E-state index in [4.69, 9.17) is 4.67 Å². The van der Waals surface area contributed by atoms with Crippen molar-refractivity contribution in [1.29, 1.82) is 0 Å². The highest BCUT2D eigenvalue weighted by molar-refractivity contribution is 6.77. The van der Waals surface area contributed by atoms with Crippen LogP contribution in [0.25, 0.3) is 0 Å². The third-order valence-electron chi connectivity index (χ3n) is 5.34. The quantitative estimate of drug-likeness (QED) is 0.553. The summed E-state index contributed by atoms with van der Waals surface area (Å²) in [6.45, 7) is 13.5. The van der Waals surface area contributed by atoms with Gasteiger partial charge in [0.15, 0.2) is 0 Å². The molecule has 0 aromatic rings. The van der Waals surface area contributed by atoms with Gasteiger partial charge in [-0.1, -0.05) is 26.6 Å². The van der Waals surface area contributed by atoms with E-state index in [1.807, 2.05) is 0 Å². The Kier molecular flexibility index (Phi) is 3.93. The van der Waals surface area contributed by atoms with Crippen molar-refractivity contribution in [3.8, 4) is 0 Å². The molecule has 2 unspecified atom stereocenters. The fraction of sp³-hybridized carbons (Fsp3) is 0.875. The third-order valence-corrected chi connectivity index (χ3v) is 8.50. The highest BCUT2D eigenvalue weighted by Gasteiger charge is 2.39. The van der Waals surface area contributed by atoms with Gasteiger partial charge >= 0.3 is 0 Å². The SMILES string of the molecule is CC(CC1=[N+]=CC(N2CN(CC3CC3)C2)C1)[Si](C)(C)C. The second-order valence-electron chi connectivity index (χ2n) is 8.26. The molecule has 2 aliphatic heterocycles. The van der Waals surface area contributed by atoms with Crippen LogP contribution in [0.5, 0.6) is 0 Å². The molecule has 0 spiro atoms. The van der Waals surface area contributed by atoms with Gasteiger partial charge in [0.2, 0.25) is 0 Å². The minimum absolute atomic E-state index is 0.592. The minimum Gasteiger partial charge on any atom is -0.277 e. The van der Waals surface area contributed by atoms with Crippen LogP contribution in [-0.4, -0.2) is 55.7 Å². The maximum absolute atomic E-state index is 4.73. The molecule has 0 aromatic carbocycles. The molecule has 0 bridgehead atoms. The fourth-order valence-electron chi connectivity index (χ4n) is 3.02. The van der Waals surface area contributed by atoms with Gasteiger partial charge in [0.1, 0.15) is 6.04 Å². The van der Waals surface area contributed by atoms with E-state index in [1.54, 1.807) is 0 Å². The Morgan fingerprint density at radius 1 is 1.30 bits per heavy atom. The van der Waals surface area contributed by atoms with Gasteiger partial charge in [-0.3, -0.25) is 9.80 Å². The number of hydrogen-bond acceptors (Lipinski definition) is 2. The summed E-state index contributed by atoms with van der Waals surface area (Å²) in [4.78, 5) is 5.17. The molecular formula is C16H30N3Si+. The molecule has 0 radical (unpaired) electrons. The van der Waals surface area contributed by atoms with Crippen LogP contribution >= 0.6 is 0 Å². The molecule has 2 fully saturated rings. The maximum Gasteiger partial charge on any atom is 0.286 e. The second kappa shape index (κ2) is 5.41. The van der Waals surface area contributed by atoms with E-state index in [2.05, 4.69) is 42.6 Å². The first-order valence-corrected chi connectivity index (χ1v) is 11.8. The standard InChI is InChI=1S/C16H30N3Si/c1-13(20(2,3)4)7-15-8-16(9-17-15)19-11-18(12-19)10-14-5-6-14/h9,13-14,16H,5-8,10-12H2,1-4H3/q+1. The lowest BCUT2D eigenvalue weighted by atomic mass is 10.1. The molecule has 0 aromatic heterocycles. The Labute approximate surface area is 124 Å². The molecule has 20 heavy (non-hydrogen) atoms. The zero-order valence-electron chi connectivity index (χ0n) is 13.6. The average molecular weight is 293 g/mol. The molecule has 4 heteroatoms. The molecule has 112 valence electrons. The normalized spacial score (nSPS) is 29.4. The topological polar surface area (TPSA) is 20.6 Å². The van der Waals surface area contributed by atoms with Crippen molar-refractivity contribution < 1.29 is 0 Å². The number of nitrogens with zero attached hydrogens (tertiary/aromatic N) is 3. The Balaban J connectivity index is 1.40. The molecule has 1 saturated heterocycles. The van der Waals surface area contributed by atoms with Gasteiger partial charge < -0.3 is 0 Å². The monoisotopic (exact) mass is 292 g/mol. The van der Waals surface area contributed by atoms with E-state index < -0.39 is 8.07 Å². The lowest BCUT2D eigenvalue weighted by Crippen LogP contribution is -2.59. The first-order chi connectivity index (χ1) is 9.41. The molecule has 0 amide bonds. The maximum atomic E-state index is 4.73. The predicted octanol–water partition coefficient (Wildman–Crippen LogP) is 2.40. The van der Waals surface area contributed by atoms with Crippen LogP contribution in [0.4, 0.5) is 0 Å². The summed E-state index contributed by atoms with van der Waals surface area (Å²) in [6, 6.07) is 0.592. The van der Waals surface area contributed by atoms with Crippen molar-refractivity contribution in [2.75, 3.05) is 19.9 Å². The Bertz CT molecular complexity index is 423. The van der Waals surface area contributed by atoms with Crippen LogP contribution in [0, 0.1) is 5.92 Å². The molecule has 2 heterocycles. The molecular weight excluding hydrogens is 262 g/mol. The van der Waals surface area contributed by atoms with Gasteiger partial charge in [0, 0.05) is 21.0 Å². The van der Waals surface area contributed by atoms with Crippen molar-refractivity contribution in [3.05, 3.63) is 0 Å². The third kappa shape index (κ3) is 3.42. The van der Waals surface area contributed by atoms with Gasteiger partial charge in [-0.25, -0.2) is 0 Å². The summed E-state index contributed by atoms with van der Waals surface area (Å²) in [5.41, 5.74) is 2.29. The van der Waals surface area contributed by atoms with Crippen molar-refractivity contribution >= 4 is 20.0 Å². The van der Waals surface area contributed by atoms with Crippen molar-refractivity contribution in [1.82, 2.24) is 14.5 Å². The van der Waals surface area contributed by atoms with Crippen LogP contribution in [0.2, 0.25) is 25.2 Å². The Morgan fingerprint density at radius 2 is 2.00 bits per heavy atom. The van der Waals surface area contributed by atoms with Gasteiger partial charge in [-0.15, -0.1) is 4.67 Å². The summed E-state index contributed by atoms with van der Waals surface area (Å²) >= 11 is 0. The first kappa shape index (κ1) is 14.5. The van der Waals surface area contributed by atoms with Crippen molar-refractivity contribution in [3.63, 3.8) is 0 Å². The smallest absolute Gasteiger partial charge is 0.277 e. The Morgan fingerprint density at radius 3 is 2.60 bits per heavy atom. The summed E-state index contributed by atoms with van der Waals surface area (Å²) in [5.74, 6) is 1.02. The Hall–Kier alpha value is -0.413. The molecule has 2 atom stereocenters. The van der Waals surface area contributed by atoms with E-state index in [-0.39, 0.29) is 0 Å². The zero-order chi connectivity index (χ0) is 14.3. The first-order valence-electron chi connectivity index (χ1n) is 8.27. The lowest BCUT2D eigenvalue weighted by molar-refractivity contribution is -0.0428. The predicted molar refractivity (Wildman–Crippen MR) is 90.0 cm³/mol. The molecule has 0 N–H and O–H groups in total. The van der Waals surface area contributed by atoms with Crippen molar-refractivity contribution in [2.45, 2.75) is 63.8 Å². The molecule has 1 aliphatic carbocycles. The molecule has 3 nitrogen and oxygen atoms in total. The summed E-state index contributed by atoms with van der Waals surface area (Å²) in [5, 5.41) is 0. The van der Waals surface area contributed by atoms with Crippen LogP contribution < -0.4 is 4.67 Å². The highest BCUT2D eigenvalue weighted by Crippen LogP contribution is 2.32. The van der Waals surface area contributed by atoms with Crippen LogP contribution in [0.1, 0.15) is 32.6 Å². The summed E-state index contributed by atoms with van der Waals surface area (Å²) in [7, 11) is -1.01. The lowest BCUT2D eigenvalue weighted by Gasteiger charge is -2.44. The second-order valence-corrected chi connectivity index (χ2v) is 14.0. The van der Waals surface area contributed by atoms with Gasteiger partial charge in [-0.05, 0) is 24.3 Å². The van der Waals surface area contributed by atoms with Crippen molar-refractivity contribution in [2.24, 2.45) is 5.92 Å². The molecule has 3 aliphatic rings. The largest absolute Gasteiger partial charge is 0.286 e. The molecule has 1 saturated carbocycles. The summed E-state index contributed by atoms with van der Waals surface area (Å²) < 4.78 is 4.73. The number of rotatable bonds is 6. The van der Waals surface area contributed by atoms with E-state index in [1.165, 1.54) is 51.3 Å². The summed E-state index contributed by atoms with van der Waals surface area (Å²) in [6.07, 6.45) is 7.55. The van der Waals surface area contributed by atoms with Crippen LogP contribution in [0.3, 0.4) is 0 Å².